The molecule has 0 amide bonds. The minimum Gasteiger partial charge on any atom is -0.351 e. The van der Waals surface area contributed by atoms with E-state index in [1.54, 1.807) is 6.07 Å². The lowest BCUT2D eigenvalue weighted by molar-refractivity contribution is 0.0951. The summed E-state index contributed by atoms with van der Waals surface area (Å²) < 4.78 is 0. The van der Waals surface area contributed by atoms with Gasteiger partial charge in [0, 0.05) is 22.2 Å². The lowest BCUT2D eigenvalue weighted by Crippen LogP contribution is -2.44. The van der Waals surface area contributed by atoms with E-state index in [0.29, 0.717) is 10.6 Å². The van der Waals surface area contributed by atoms with Gasteiger partial charge in [0.2, 0.25) is 0 Å². The molecule has 6 rings (SSSR count). The Morgan fingerprint density at radius 1 is 0.946 bits per heavy atom. The first-order valence-electron chi connectivity index (χ1n) is 12.2. The van der Waals surface area contributed by atoms with Gasteiger partial charge < -0.3 is 4.90 Å². The zero-order valence-electron chi connectivity index (χ0n) is 20.1. The Morgan fingerprint density at radius 3 is 2.43 bits per heavy atom. The number of anilines is 1. The van der Waals surface area contributed by atoms with Crippen LogP contribution in [0.15, 0.2) is 91.0 Å². The Morgan fingerprint density at radius 2 is 1.68 bits per heavy atom. The molecule has 4 aromatic carbocycles. The molecule has 4 aromatic rings. The number of rotatable bonds is 3. The molecule has 0 radical (unpaired) electrons. The highest BCUT2D eigenvalue weighted by Crippen LogP contribution is 2.56. The molecule has 0 N–H and O–H groups in total. The van der Waals surface area contributed by atoms with Crippen LogP contribution in [-0.2, 0) is 0 Å². The van der Waals surface area contributed by atoms with Gasteiger partial charge in [-0.1, -0.05) is 96.0 Å². The monoisotopic (exact) mass is 499 g/mol. The summed E-state index contributed by atoms with van der Waals surface area (Å²) in [6.07, 6.45) is 3.79. The minimum absolute atomic E-state index is 0.119. The number of carbonyl (C=O) groups is 1. The molecule has 3 atom stereocenters. The van der Waals surface area contributed by atoms with Gasteiger partial charge in [-0.3, -0.25) is 4.79 Å². The van der Waals surface area contributed by atoms with E-state index < -0.39 is 23.4 Å². The highest BCUT2D eigenvalue weighted by molar-refractivity contribution is 6.30. The minimum atomic E-state index is -1.50. The van der Waals surface area contributed by atoms with Gasteiger partial charge in [0.1, 0.15) is 6.04 Å². The Bertz CT molecular complexity index is 1660. The third kappa shape index (κ3) is 3.38. The van der Waals surface area contributed by atoms with Gasteiger partial charge in [-0.15, -0.1) is 0 Å². The number of aryl methyl sites for hydroxylation is 1. The first kappa shape index (κ1) is 23.0. The second-order valence-corrected chi connectivity index (χ2v) is 10.2. The van der Waals surface area contributed by atoms with Crippen LogP contribution in [-0.4, -0.2) is 17.9 Å². The van der Waals surface area contributed by atoms with Crippen LogP contribution in [0.3, 0.4) is 0 Å². The van der Waals surface area contributed by atoms with Crippen molar-refractivity contribution >= 4 is 39.9 Å². The van der Waals surface area contributed by atoms with E-state index in [4.69, 9.17) is 11.6 Å². The van der Waals surface area contributed by atoms with Crippen molar-refractivity contribution in [3.05, 3.63) is 118 Å². The highest BCUT2D eigenvalue weighted by atomic mass is 35.5. The van der Waals surface area contributed by atoms with Crippen molar-refractivity contribution in [2.45, 2.75) is 24.9 Å². The number of hydrogen-bond acceptors (Lipinski definition) is 4. The molecule has 5 heteroatoms. The van der Waals surface area contributed by atoms with E-state index in [1.165, 1.54) is 0 Å². The summed E-state index contributed by atoms with van der Waals surface area (Å²) in [5.74, 6) is -0.815. The standard InChI is InChI=1S/C32H22ClN3O/c1-20-9-11-22(12-10-20)31(37)30-29(26-8-4-6-21-5-2-3-7-25(21)26)32(18-34,19-35)28-16-13-23-17-24(33)14-15-27(23)36(28)30/h2-17,28-30H,1H3/t28-,29-,30+/m1/s1. The second-order valence-electron chi connectivity index (χ2n) is 9.73. The van der Waals surface area contributed by atoms with Crippen LogP contribution in [0.2, 0.25) is 5.02 Å². The number of halogens is 1. The molecule has 0 spiro atoms. The molecular weight excluding hydrogens is 478 g/mol. The van der Waals surface area contributed by atoms with Crippen molar-refractivity contribution in [1.82, 2.24) is 0 Å². The fraction of sp³-hybridized carbons (Fsp3) is 0.156. The average Bonchev–Trinajstić information content (AvgIpc) is 3.23. The maximum Gasteiger partial charge on any atom is 0.185 e. The summed E-state index contributed by atoms with van der Waals surface area (Å²) in [4.78, 5) is 16.4. The zero-order chi connectivity index (χ0) is 25.7. The number of ketones is 1. The van der Waals surface area contributed by atoms with Crippen molar-refractivity contribution in [3.8, 4) is 12.1 Å². The molecule has 0 aliphatic carbocycles. The van der Waals surface area contributed by atoms with Crippen molar-refractivity contribution in [2.75, 3.05) is 4.90 Å². The van der Waals surface area contributed by atoms with Crippen molar-refractivity contribution in [2.24, 2.45) is 5.41 Å². The summed E-state index contributed by atoms with van der Waals surface area (Å²) >= 11 is 6.31. The normalized spacial score (nSPS) is 21.1. The van der Waals surface area contributed by atoms with E-state index in [2.05, 4.69) is 12.1 Å². The topological polar surface area (TPSA) is 67.9 Å². The molecule has 2 heterocycles. The maximum atomic E-state index is 14.4. The molecule has 0 aromatic heterocycles. The fourth-order valence-electron chi connectivity index (χ4n) is 6.02. The summed E-state index contributed by atoms with van der Waals surface area (Å²) in [6.45, 7) is 1.98. The number of nitrogens with zero attached hydrogens (tertiary/aromatic N) is 3. The van der Waals surface area contributed by atoms with E-state index in [-0.39, 0.29) is 5.78 Å². The summed E-state index contributed by atoms with van der Waals surface area (Å²) in [7, 11) is 0. The number of Topliss-reactive ketones (excluding diaryl/α,β-unsaturated/α-hetero) is 1. The Hall–Kier alpha value is -4.38. The maximum absolute atomic E-state index is 14.4. The van der Waals surface area contributed by atoms with Gasteiger partial charge in [0.25, 0.3) is 0 Å². The third-order valence-corrected chi connectivity index (χ3v) is 7.97. The SMILES string of the molecule is Cc1ccc(C(=O)[C@@H]2[C@@H](c3cccc4ccccc34)C(C#N)(C#N)[C@H]3C=Cc4cc(Cl)ccc4N23)cc1. The van der Waals surface area contributed by atoms with Crippen LogP contribution in [0, 0.1) is 35.0 Å². The van der Waals surface area contributed by atoms with Crippen LogP contribution in [0.4, 0.5) is 5.69 Å². The summed E-state index contributed by atoms with van der Waals surface area (Å²) in [5, 5.41) is 23.9. The van der Waals surface area contributed by atoms with E-state index in [9.17, 15) is 15.3 Å². The van der Waals surface area contributed by atoms with Crippen LogP contribution >= 0.6 is 11.6 Å². The van der Waals surface area contributed by atoms with E-state index in [1.807, 2.05) is 103 Å². The number of carbonyl (C=O) groups excluding carboxylic acids is 1. The Kier molecular flexibility index (Phi) is 5.37. The lowest BCUT2D eigenvalue weighted by Gasteiger charge is -2.35. The highest BCUT2D eigenvalue weighted by Gasteiger charge is 2.63. The van der Waals surface area contributed by atoms with Gasteiger partial charge in [-0.25, -0.2) is 0 Å². The molecular formula is C32H22ClN3O. The molecule has 2 aliphatic heterocycles. The number of fused-ring (bicyclic) bond motifs is 4. The molecule has 0 unspecified atom stereocenters. The van der Waals surface area contributed by atoms with Crippen LogP contribution in [0.1, 0.15) is 33.0 Å². The predicted molar refractivity (Wildman–Crippen MR) is 146 cm³/mol. The molecule has 1 fully saturated rings. The number of hydrogen-bond donors (Lipinski definition) is 0. The van der Waals surface area contributed by atoms with Crippen LogP contribution in [0.25, 0.3) is 16.8 Å². The van der Waals surface area contributed by atoms with E-state index >= 15 is 0 Å². The Balaban J connectivity index is 1.67. The van der Waals surface area contributed by atoms with E-state index in [0.717, 1.165) is 33.2 Å². The number of benzene rings is 4. The second kappa shape index (κ2) is 8.63. The molecule has 0 saturated carbocycles. The van der Waals surface area contributed by atoms with Gasteiger partial charge in [0.15, 0.2) is 11.2 Å². The van der Waals surface area contributed by atoms with Gasteiger partial charge in [-0.2, -0.15) is 10.5 Å². The Labute approximate surface area is 220 Å². The summed E-state index contributed by atoms with van der Waals surface area (Å²) in [5.41, 5.74) is 2.58. The van der Waals surface area contributed by atoms with Crippen molar-refractivity contribution in [3.63, 3.8) is 0 Å². The van der Waals surface area contributed by atoms with Gasteiger partial charge in [0.05, 0.1) is 18.2 Å². The van der Waals surface area contributed by atoms with Crippen LogP contribution < -0.4 is 4.90 Å². The lowest BCUT2D eigenvalue weighted by atomic mass is 9.68. The zero-order valence-corrected chi connectivity index (χ0v) is 20.9. The molecule has 37 heavy (non-hydrogen) atoms. The first-order valence-corrected chi connectivity index (χ1v) is 12.5. The third-order valence-electron chi connectivity index (χ3n) is 7.73. The molecule has 178 valence electrons. The quantitative estimate of drug-likeness (QED) is 0.282. The van der Waals surface area contributed by atoms with Crippen molar-refractivity contribution < 1.29 is 4.79 Å². The summed E-state index contributed by atoms with van der Waals surface area (Å²) in [6, 6.07) is 30.2. The average molecular weight is 500 g/mol. The predicted octanol–water partition coefficient (Wildman–Crippen LogP) is 7.09. The van der Waals surface area contributed by atoms with Crippen molar-refractivity contribution in [1.29, 1.82) is 10.5 Å². The molecule has 0 bridgehead atoms. The first-order chi connectivity index (χ1) is 18.0. The number of nitriles is 2. The van der Waals surface area contributed by atoms with Gasteiger partial charge in [-0.05, 0) is 47.0 Å². The van der Waals surface area contributed by atoms with Gasteiger partial charge >= 0.3 is 0 Å². The van der Waals surface area contributed by atoms with Crippen LogP contribution in [0.5, 0.6) is 0 Å². The largest absolute Gasteiger partial charge is 0.351 e. The molecule has 1 saturated heterocycles. The molecule has 2 aliphatic rings. The molecule has 4 nitrogen and oxygen atoms in total. The smallest absolute Gasteiger partial charge is 0.185 e. The fourth-order valence-corrected chi connectivity index (χ4v) is 6.20.